The van der Waals surface area contributed by atoms with Gasteiger partial charge in [-0.05, 0) is 30.5 Å². The number of nitrogens with two attached hydrogens (primary N) is 1. The molecule has 0 aromatic heterocycles. The minimum atomic E-state index is 0.299. The second kappa shape index (κ2) is 4.43. The quantitative estimate of drug-likeness (QED) is 0.743. The summed E-state index contributed by atoms with van der Waals surface area (Å²) < 4.78 is 0. The summed E-state index contributed by atoms with van der Waals surface area (Å²) in [5.74, 6) is 0. The number of nitriles is 1. The molecule has 0 spiro atoms. The van der Waals surface area contributed by atoms with Gasteiger partial charge in [-0.2, -0.15) is 5.26 Å². The van der Waals surface area contributed by atoms with E-state index in [1.807, 2.05) is 24.3 Å². The van der Waals surface area contributed by atoms with E-state index in [0.717, 1.165) is 24.9 Å². The number of hydrogen-bond acceptors (Lipinski definition) is 3. The SMILES string of the molecule is N#Cc1ccc(C[C@H]2C[C@H](N)CN2)cc1. The standard InChI is InChI=1S/C12H15N3/c13-7-10-3-1-9(2-4-10)5-12-6-11(14)8-15-12/h1-4,11-12,15H,5-6,8,14H2/t11-,12-/m0/s1. The highest BCUT2D eigenvalue weighted by Gasteiger charge is 2.20. The van der Waals surface area contributed by atoms with Crippen molar-refractivity contribution in [2.24, 2.45) is 5.73 Å². The van der Waals surface area contributed by atoms with Crippen molar-refractivity contribution in [3.63, 3.8) is 0 Å². The highest BCUT2D eigenvalue weighted by Crippen LogP contribution is 2.12. The Bertz CT molecular complexity index is 363. The van der Waals surface area contributed by atoms with Gasteiger partial charge in [-0.1, -0.05) is 12.1 Å². The molecule has 2 atom stereocenters. The molecule has 15 heavy (non-hydrogen) atoms. The van der Waals surface area contributed by atoms with Gasteiger partial charge in [0.1, 0.15) is 0 Å². The average molecular weight is 201 g/mol. The smallest absolute Gasteiger partial charge is 0.0991 e. The molecular formula is C12H15N3. The van der Waals surface area contributed by atoms with Gasteiger partial charge in [0, 0.05) is 18.6 Å². The Morgan fingerprint density at radius 1 is 1.40 bits per heavy atom. The second-order valence-electron chi connectivity index (χ2n) is 4.11. The van der Waals surface area contributed by atoms with Gasteiger partial charge in [0.25, 0.3) is 0 Å². The predicted octanol–water partition coefficient (Wildman–Crippen LogP) is 0.790. The molecule has 2 rings (SSSR count). The first-order valence-electron chi connectivity index (χ1n) is 5.26. The first kappa shape index (κ1) is 10.2. The zero-order valence-corrected chi connectivity index (χ0v) is 8.61. The topological polar surface area (TPSA) is 61.8 Å². The summed E-state index contributed by atoms with van der Waals surface area (Å²) >= 11 is 0. The average Bonchev–Trinajstić information content (AvgIpc) is 2.65. The van der Waals surface area contributed by atoms with E-state index in [9.17, 15) is 0 Å². The van der Waals surface area contributed by atoms with E-state index in [-0.39, 0.29) is 0 Å². The minimum Gasteiger partial charge on any atom is -0.326 e. The number of rotatable bonds is 2. The molecule has 1 aromatic carbocycles. The number of benzene rings is 1. The summed E-state index contributed by atoms with van der Waals surface area (Å²) in [6.07, 6.45) is 2.04. The summed E-state index contributed by atoms with van der Waals surface area (Å²) in [5.41, 5.74) is 7.80. The van der Waals surface area contributed by atoms with Gasteiger partial charge in [0.15, 0.2) is 0 Å². The molecule has 1 fully saturated rings. The molecule has 1 saturated heterocycles. The van der Waals surface area contributed by atoms with Crippen molar-refractivity contribution in [3.05, 3.63) is 35.4 Å². The van der Waals surface area contributed by atoms with Crippen LogP contribution in [0.25, 0.3) is 0 Å². The maximum absolute atomic E-state index is 8.67. The van der Waals surface area contributed by atoms with Crippen molar-refractivity contribution >= 4 is 0 Å². The third-order valence-electron chi connectivity index (χ3n) is 2.82. The molecule has 1 aliphatic rings. The number of nitrogens with one attached hydrogen (secondary N) is 1. The Hall–Kier alpha value is -1.37. The molecule has 0 amide bonds. The molecule has 1 heterocycles. The normalized spacial score (nSPS) is 25.1. The molecule has 1 aliphatic heterocycles. The zero-order valence-electron chi connectivity index (χ0n) is 8.61. The molecule has 78 valence electrons. The fourth-order valence-corrected chi connectivity index (χ4v) is 2.01. The lowest BCUT2D eigenvalue weighted by atomic mass is 10.0. The summed E-state index contributed by atoms with van der Waals surface area (Å²) in [4.78, 5) is 0. The first-order valence-corrected chi connectivity index (χ1v) is 5.26. The van der Waals surface area contributed by atoms with E-state index in [4.69, 9.17) is 11.0 Å². The maximum atomic E-state index is 8.67. The maximum Gasteiger partial charge on any atom is 0.0991 e. The van der Waals surface area contributed by atoms with E-state index >= 15 is 0 Å². The van der Waals surface area contributed by atoms with E-state index in [1.165, 1.54) is 5.56 Å². The summed E-state index contributed by atoms with van der Waals surface area (Å²) in [5, 5.41) is 12.1. The van der Waals surface area contributed by atoms with Crippen LogP contribution in [0.15, 0.2) is 24.3 Å². The van der Waals surface area contributed by atoms with Crippen LogP contribution in [0.2, 0.25) is 0 Å². The highest BCUT2D eigenvalue weighted by atomic mass is 15.0. The monoisotopic (exact) mass is 201 g/mol. The van der Waals surface area contributed by atoms with E-state index in [2.05, 4.69) is 11.4 Å². The molecule has 3 N–H and O–H groups in total. The van der Waals surface area contributed by atoms with Crippen LogP contribution in [0.5, 0.6) is 0 Å². The molecule has 1 aromatic rings. The van der Waals surface area contributed by atoms with Gasteiger partial charge in [-0.15, -0.1) is 0 Å². The fourth-order valence-electron chi connectivity index (χ4n) is 2.01. The molecule has 0 radical (unpaired) electrons. The summed E-state index contributed by atoms with van der Waals surface area (Å²) in [6, 6.07) is 10.7. The Morgan fingerprint density at radius 3 is 2.67 bits per heavy atom. The minimum absolute atomic E-state index is 0.299. The summed E-state index contributed by atoms with van der Waals surface area (Å²) in [6.45, 7) is 0.918. The number of hydrogen-bond donors (Lipinski definition) is 2. The van der Waals surface area contributed by atoms with Crippen molar-refractivity contribution in [1.29, 1.82) is 5.26 Å². The lowest BCUT2D eigenvalue weighted by molar-refractivity contribution is 0.597. The van der Waals surface area contributed by atoms with Crippen molar-refractivity contribution in [1.82, 2.24) is 5.32 Å². The van der Waals surface area contributed by atoms with Crippen LogP contribution < -0.4 is 11.1 Å². The van der Waals surface area contributed by atoms with E-state index < -0.39 is 0 Å². The van der Waals surface area contributed by atoms with Crippen molar-refractivity contribution < 1.29 is 0 Å². The van der Waals surface area contributed by atoms with Gasteiger partial charge < -0.3 is 11.1 Å². The van der Waals surface area contributed by atoms with Gasteiger partial charge in [0.2, 0.25) is 0 Å². The van der Waals surface area contributed by atoms with Crippen LogP contribution in [-0.2, 0) is 6.42 Å². The Balaban J connectivity index is 1.96. The third kappa shape index (κ3) is 2.56. The highest BCUT2D eigenvalue weighted by molar-refractivity contribution is 5.31. The molecule has 3 nitrogen and oxygen atoms in total. The zero-order chi connectivity index (χ0) is 10.7. The molecular weight excluding hydrogens is 186 g/mol. The third-order valence-corrected chi connectivity index (χ3v) is 2.82. The molecule has 0 unspecified atom stereocenters. The lowest BCUT2D eigenvalue weighted by Gasteiger charge is -2.09. The van der Waals surface area contributed by atoms with E-state index in [0.29, 0.717) is 12.1 Å². The van der Waals surface area contributed by atoms with Gasteiger partial charge in [-0.25, -0.2) is 0 Å². The molecule has 0 saturated carbocycles. The van der Waals surface area contributed by atoms with Crippen LogP contribution >= 0.6 is 0 Å². The van der Waals surface area contributed by atoms with Crippen molar-refractivity contribution in [2.75, 3.05) is 6.54 Å². The van der Waals surface area contributed by atoms with Gasteiger partial charge in [0.05, 0.1) is 11.6 Å². The number of nitrogens with zero attached hydrogens (tertiary/aromatic N) is 1. The first-order chi connectivity index (χ1) is 7.28. The van der Waals surface area contributed by atoms with Crippen molar-refractivity contribution in [3.8, 4) is 6.07 Å². The molecule has 0 bridgehead atoms. The molecule has 3 heteroatoms. The molecule has 0 aliphatic carbocycles. The van der Waals surface area contributed by atoms with Crippen molar-refractivity contribution in [2.45, 2.75) is 24.9 Å². The largest absolute Gasteiger partial charge is 0.326 e. The van der Waals surface area contributed by atoms with Crippen LogP contribution in [-0.4, -0.2) is 18.6 Å². The lowest BCUT2D eigenvalue weighted by Crippen LogP contribution is -2.24. The van der Waals surface area contributed by atoms with Crippen LogP contribution in [0.3, 0.4) is 0 Å². The predicted molar refractivity (Wildman–Crippen MR) is 59.2 cm³/mol. The van der Waals surface area contributed by atoms with Crippen LogP contribution in [0.4, 0.5) is 0 Å². The Morgan fingerprint density at radius 2 is 2.13 bits per heavy atom. The van der Waals surface area contributed by atoms with Crippen LogP contribution in [0, 0.1) is 11.3 Å². The van der Waals surface area contributed by atoms with Gasteiger partial charge in [-0.3, -0.25) is 0 Å². The Labute approximate surface area is 89.9 Å². The second-order valence-corrected chi connectivity index (χ2v) is 4.11. The summed E-state index contributed by atoms with van der Waals surface area (Å²) in [7, 11) is 0. The Kier molecular flexibility index (Phi) is 3.00. The van der Waals surface area contributed by atoms with E-state index in [1.54, 1.807) is 0 Å². The van der Waals surface area contributed by atoms with Gasteiger partial charge >= 0.3 is 0 Å². The van der Waals surface area contributed by atoms with Crippen LogP contribution in [0.1, 0.15) is 17.5 Å². The fraction of sp³-hybridized carbons (Fsp3) is 0.417.